The molecule has 0 fully saturated rings. The van der Waals surface area contributed by atoms with E-state index in [0.717, 1.165) is 11.1 Å². The van der Waals surface area contributed by atoms with Gasteiger partial charge < -0.3 is 4.74 Å². The van der Waals surface area contributed by atoms with E-state index in [2.05, 4.69) is 14.7 Å². The van der Waals surface area contributed by atoms with E-state index in [-0.39, 0.29) is 4.90 Å². The lowest BCUT2D eigenvalue weighted by Gasteiger charge is -2.11. The van der Waals surface area contributed by atoms with Crippen LogP contribution in [0.15, 0.2) is 71.6 Å². The van der Waals surface area contributed by atoms with Gasteiger partial charge in [0.1, 0.15) is 17.0 Å². The van der Waals surface area contributed by atoms with Gasteiger partial charge in [0.2, 0.25) is 15.9 Å². The molecule has 6 nitrogen and oxygen atoms in total. The molecule has 0 atom stereocenters. The molecule has 0 aliphatic heterocycles. The van der Waals surface area contributed by atoms with Crippen molar-refractivity contribution in [3.63, 3.8) is 0 Å². The molecule has 0 unspecified atom stereocenters. The van der Waals surface area contributed by atoms with E-state index in [1.54, 1.807) is 37.3 Å². The Labute approximate surface area is 179 Å². The van der Waals surface area contributed by atoms with E-state index in [1.165, 1.54) is 7.05 Å². The standard InChI is InChI=1S/C22H18ClN3O3S/c1-14-22(26-20-11-5-10-19(23)21(20)25-14)29-17-8-3-6-15(12-17)16-7-4-9-18(13-16)30(27,28)24-2/h3-13,24H,1-2H3. The third-order valence-electron chi connectivity index (χ3n) is 4.57. The zero-order chi connectivity index (χ0) is 21.3. The van der Waals surface area contributed by atoms with E-state index >= 15 is 0 Å². The highest BCUT2D eigenvalue weighted by Crippen LogP contribution is 2.30. The Bertz CT molecular complexity index is 1360. The summed E-state index contributed by atoms with van der Waals surface area (Å²) in [5, 5.41) is 0.535. The molecule has 0 aliphatic rings. The summed E-state index contributed by atoms with van der Waals surface area (Å²) in [5.74, 6) is 0.946. The van der Waals surface area contributed by atoms with Crippen LogP contribution in [-0.2, 0) is 10.0 Å². The molecule has 0 bridgehead atoms. The Morgan fingerprint density at radius 3 is 2.40 bits per heavy atom. The second kappa shape index (κ2) is 8.02. The van der Waals surface area contributed by atoms with Gasteiger partial charge >= 0.3 is 0 Å². The number of aromatic nitrogens is 2. The van der Waals surface area contributed by atoms with Crippen molar-refractivity contribution in [3.05, 3.63) is 77.4 Å². The van der Waals surface area contributed by atoms with Crippen LogP contribution in [-0.4, -0.2) is 25.4 Å². The van der Waals surface area contributed by atoms with Gasteiger partial charge in [0.25, 0.3) is 0 Å². The number of halogens is 1. The Morgan fingerprint density at radius 1 is 0.933 bits per heavy atom. The van der Waals surface area contributed by atoms with E-state index in [1.807, 2.05) is 36.4 Å². The average molecular weight is 440 g/mol. The summed E-state index contributed by atoms with van der Waals surface area (Å²) < 4.78 is 32.5. The highest BCUT2D eigenvalue weighted by atomic mass is 35.5. The number of para-hydroxylation sites is 1. The zero-order valence-corrected chi connectivity index (χ0v) is 17.8. The van der Waals surface area contributed by atoms with Gasteiger partial charge in [0.05, 0.1) is 15.4 Å². The minimum atomic E-state index is -3.53. The molecule has 0 spiro atoms. The van der Waals surface area contributed by atoms with E-state index in [0.29, 0.717) is 33.4 Å². The third-order valence-corrected chi connectivity index (χ3v) is 6.29. The molecular formula is C22H18ClN3O3S. The number of nitrogens with one attached hydrogen (secondary N) is 1. The minimum Gasteiger partial charge on any atom is -0.437 e. The smallest absolute Gasteiger partial charge is 0.241 e. The predicted octanol–water partition coefficient (Wildman–Crippen LogP) is 4.96. The Balaban J connectivity index is 1.69. The summed E-state index contributed by atoms with van der Waals surface area (Å²) >= 11 is 6.19. The summed E-state index contributed by atoms with van der Waals surface area (Å²) in [6.45, 7) is 1.81. The van der Waals surface area contributed by atoms with Crippen LogP contribution in [0.4, 0.5) is 0 Å². The molecule has 0 saturated heterocycles. The molecular weight excluding hydrogens is 422 g/mol. The van der Waals surface area contributed by atoms with Crippen LogP contribution in [0.2, 0.25) is 5.02 Å². The first-order valence-electron chi connectivity index (χ1n) is 9.12. The number of fused-ring (bicyclic) bond motifs is 1. The third kappa shape index (κ3) is 4.00. The number of ether oxygens (including phenoxy) is 1. The van der Waals surface area contributed by atoms with E-state index in [4.69, 9.17) is 16.3 Å². The zero-order valence-electron chi connectivity index (χ0n) is 16.3. The molecule has 0 saturated carbocycles. The number of rotatable bonds is 5. The van der Waals surface area contributed by atoms with Gasteiger partial charge in [-0.05, 0) is 61.5 Å². The van der Waals surface area contributed by atoms with Crippen molar-refractivity contribution in [2.24, 2.45) is 0 Å². The summed E-state index contributed by atoms with van der Waals surface area (Å²) in [7, 11) is -2.14. The van der Waals surface area contributed by atoms with Crippen molar-refractivity contribution >= 4 is 32.7 Å². The van der Waals surface area contributed by atoms with E-state index in [9.17, 15) is 8.42 Å². The fourth-order valence-corrected chi connectivity index (χ4v) is 4.01. The van der Waals surface area contributed by atoms with Crippen LogP contribution in [0.1, 0.15) is 5.69 Å². The number of hydrogen-bond donors (Lipinski definition) is 1. The molecule has 3 aromatic carbocycles. The lowest BCUT2D eigenvalue weighted by atomic mass is 10.1. The first-order valence-corrected chi connectivity index (χ1v) is 11.0. The highest BCUT2D eigenvalue weighted by Gasteiger charge is 2.13. The van der Waals surface area contributed by atoms with Crippen molar-refractivity contribution in [2.45, 2.75) is 11.8 Å². The van der Waals surface area contributed by atoms with E-state index < -0.39 is 10.0 Å². The van der Waals surface area contributed by atoms with Crippen LogP contribution >= 0.6 is 11.6 Å². The maximum absolute atomic E-state index is 12.1. The number of sulfonamides is 1. The van der Waals surface area contributed by atoms with Gasteiger partial charge in [0, 0.05) is 0 Å². The topological polar surface area (TPSA) is 81.2 Å². The van der Waals surface area contributed by atoms with Crippen LogP contribution in [0, 0.1) is 6.92 Å². The lowest BCUT2D eigenvalue weighted by Crippen LogP contribution is -2.18. The predicted molar refractivity (Wildman–Crippen MR) is 117 cm³/mol. The molecule has 152 valence electrons. The van der Waals surface area contributed by atoms with Gasteiger partial charge in [0.15, 0.2) is 0 Å². The molecule has 0 aliphatic carbocycles. The second-order valence-corrected chi connectivity index (χ2v) is 8.88. The summed E-state index contributed by atoms with van der Waals surface area (Å²) in [4.78, 5) is 9.24. The molecule has 1 heterocycles. The number of aryl methyl sites for hydroxylation is 1. The van der Waals surface area contributed by atoms with Crippen molar-refractivity contribution < 1.29 is 13.2 Å². The van der Waals surface area contributed by atoms with Crippen molar-refractivity contribution in [1.82, 2.24) is 14.7 Å². The van der Waals surface area contributed by atoms with Gasteiger partial charge in [-0.2, -0.15) is 0 Å². The average Bonchev–Trinajstić information content (AvgIpc) is 2.75. The SMILES string of the molecule is CNS(=O)(=O)c1cccc(-c2cccc(Oc3nc4cccc(Cl)c4nc3C)c2)c1. The van der Waals surface area contributed by atoms with Crippen LogP contribution in [0.5, 0.6) is 11.6 Å². The van der Waals surface area contributed by atoms with Crippen LogP contribution < -0.4 is 9.46 Å². The normalized spacial score (nSPS) is 11.6. The summed E-state index contributed by atoms with van der Waals surface area (Å²) in [6.07, 6.45) is 0. The fraction of sp³-hybridized carbons (Fsp3) is 0.0909. The van der Waals surface area contributed by atoms with Gasteiger partial charge in [-0.3, -0.25) is 0 Å². The first kappa shape index (κ1) is 20.3. The van der Waals surface area contributed by atoms with Crippen molar-refractivity contribution in [3.8, 4) is 22.8 Å². The fourth-order valence-electron chi connectivity index (χ4n) is 3.02. The first-order chi connectivity index (χ1) is 14.4. The van der Waals surface area contributed by atoms with Crippen molar-refractivity contribution in [1.29, 1.82) is 0 Å². The van der Waals surface area contributed by atoms with Gasteiger partial charge in [-0.15, -0.1) is 0 Å². The van der Waals surface area contributed by atoms with Crippen molar-refractivity contribution in [2.75, 3.05) is 7.05 Å². The molecule has 1 aromatic heterocycles. The molecule has 1 N–H and O–H groups in total. The lowest BCUT2D eigenvalue weighted by molar-refractivity contribution is 0.458. The molecule has 4 rings (SSSR count). The molecule has 4 aromatic rings. The minimum absolute atomic E-state index is 0.196. The molecule has 0 amide bonds. The largest absolute Gasteiger partial charge is 0.437 e. The van der Waals surface area contributed by atoms with Crippen LogP contribution in [0.25, 0.3) is 22.2 Å². The molecule has 30 heavy (non-hydrogen) atoms. The van der Waals surface area contributed by atoms with Crippen LogP contribution in [0.3, 0.4) is 0 Å². The maximum atomic E-state index is 12.1. The van der Waals surface area contributed by atoms with Gasteiger partial charge in [-0.1, -0.05) is 41.9 Å². The quantitative estimate of drug-likeness (QED) is 0.475. The second-order valence-electron chi connectivity index (χ2n) is 6.59. The summed E-state index contributed by atoms with van der Waals surface area (Å²) in [6, 6.07) is 19.5. The monoisotopic (exact) mass is 439 g/mol. The Morgan fingerprint density at radius 2 is 1.63 bits per heavy atom. The molecule has 8 heteroatoms. The number of benzene rings is 3. The summed E-state index contributed by atoms with van der Waals surface area (Å²) in [5.41, 5.74) is 3.45. The number of hydrogen-bond acceptors (Lipinski definition) is 5. The van der Waals surface area contributed by atoms with Gasteiger partial charge in [-0.25, -0.2) is 23.1 Å². The maximum Gasteiger partial charge on any atom is 0.241 e. The highest BCUT2D eigenvalue weighted by molar-refractivity contribution is 7.89. The Kier molecular flexibility index (Phi) is 5.42. The molecule has 0 radical (unpaired) electrons. The number of nitrogens with zero attached hydrogens (tertiary/aromatic N) is 2. The Hall–Kier alpha value is -3.00.